The van der Waals surface area contributed by atoms with Crippen LogP contribution in [-0.2, 0) is 4.79 Å². The molecule has 6 fully saturated rings. The number of carbonyl (C=O) groups excluding carboxylic acids is 1. The molecular weight excluding hydrogens is 292 g/mol. The quantitative estimate of drug-likeness (QED) is 0.594. The van der Waals surface area contributed by atoms with Crippen LogP contribution < -0.4 is 0 Å². The van der Waals surface area contributed by atoms with Crippen molar-refractivity contribution in [3.63, 3.8) is 0 Å². The summed E-state index contributed by atoms with van der Waals surface area (Å²) in [7, 11) is 0. The van der Waals surface area contributed by atoms with E-state index in [4.69, 9.17) is 0 Å². The van der Waals surface area contributed by atoms with Gasteiger partial charge in [0.25, 0.3) is 0 Å². The normalized spacial score (nSPS) is 45.3. The Bertz CT molecular complexity index is 458. The lowest BCUT2D eigenvalue weighted by atomic mass is 9.51. The molecule has 0 N–H and O–H groups in total. The number of carbonyl (C=O) groups is 1. The van der Waals surface area contributed by atoms with Crippen molar-refractivity contribution in [1.82, 2.24) is 0 Å². The fourth-order valence-electron chi connectivity index (χ4n) is 8.06. The summed E-state index contributed by atoms with van der Waals surface area (Å²) in [5, 5.41) is 0. The number of hydrogen-bond acceptors (Lipinski definition) is 1. The molecule has 0 amide bonds. The predicted molar refractivity (Wildman–Crippen MR) is 99.7 cm³/mol. The molecule has 0 spiro atoms. The van der Waals surface area contributed by atoms with Gasteiger partial charge in [0.2, 0.25) is 0 Å². The highest BCUT2D eigenvalue weighted by atomic mass is 16.1. The maximum Gasteiger partial charge on any atom is 0.133 e. The van der Waals surface area contributed by atoms with E-state index in [2.05, 4.69) is 27.7 Å². The van der Waals surface area contributed by atoms with Crippen LogP contribution in [0.3, 0.4) is 0 Å². The Balaban J connectivity index is 1.37. The smallest absolute Gasteiger partial charge is 0.133 e. The minimum atomic E-state index is 0.484. The van der Waals surface area contributed by atoms with E-state index in [-0.39, 0.29) is 0 Å². The molecule has 0 aromatic carbocycles. The van der Waals surface area contributed by atoms with E-state index in [1.54, 1.807) is 0 Å². The first kappa shape index (κ1) is 17.1. The van der Waals surface area contributed by atoms with Crippen molar-refractivity contribution in [3.05, 3.63) is 0 Å². The summed E-state index contributed by atoms with van der Waals surface area (Å²) in [4.78, 5) is 13.0. The van der Waals surface area contributed by atoms with Gasteiger partial charge in [-0.15, -0.1) is 0 Å². The summed E-state index contributed by atoms with van der Waals surface area (Å²) in [5.41, 5.74) is 0.968. The fourth-order valence-corrected chi connectivity index (χ4v) is 8.06. The van der Waals surface area contributed by atoms with Crippen LogP contribution in [0.15, 0.2) is 0 Å². The second kappa shape index (κ2) is 5.85. The summed E-state index contributed by atoms with van der Waals surface area (Å²) in [6, 6.07) is 0. The second-order valence-corrected chi connectivity index (χ2v) is 11.4. The molecule has 1 heteroatoms. The van der Waals surface area contributed by atoms with Crippen LogP contribution in [0.5, 0.6) is 0 Å². The van der Waals surface area contributed by atoms with Gasteiger partial charge in [-0.3, -0.25) is 4.79 Å². The molecule has 4 bridgehead atoms. The van der Waals surface area contributed by atoms with Crippen molar-refractivity contribution < 1.29 is 4.79 Å². The summed E-state index contributed by atoms with van der Waals surface area (Å²) in [5.74, 6) is 5.45. The first-order chi connectivity index (χ1) is 11.2. The third-order valence-electron chi connectivity index (χ3n) is 8.80. The number of hydrogen-bond donors (Lipinski definition) is 0. The number of Topliss-reactive ketones (excluding diaryl/α,β-unsaturated/α-hetero) is 1. The fraction of sp³-hybridized carbons (Fsp3) is 0.957. The molecule has 0 aromatic rings. The second-order valence-electron chi connectivity index (χ2n) is 11.4. The molecule has 136 valence electrons. The van der Waals surface area contributed by atoms with E-state index < -0.39 is 0 Å². The van der Waals surface area contributed by atoms with Crippen molar-refractivity contribution >= 4 is 5.78 Å². The van der Waals surface area contributed by atoms with Crippen molar-refractivity contribution in [3.8, 4) is 0 Å². The third-order valence-corrected chi connectivity index (χ3v) is 8.80. The van der Waals surface area contributed by atoms with Gasteiger partial charge >= 0.3 is 0 Å². The van der Waals surface area contributed by atoms with E-state index in [1.165, 1.54) is 51.4 Å². The van der Waals surface area contributed by atoms with Crippen LogP contribution >= 0.6 is 0 Å². The molecule has 24 heavy (non-hydrogen) atoms. The van der Waals surface area contributed by atoms with E-state index in [1.807, 2.05) is 0 Å². The summed E-state index contributed by atoms with van der Waals surface area (Å²) >= 11 is 0. The Morgan fingerprint density at radius 3 is 1.50 bits per heavy atom. The Morgan fingerprint density at radius 1 is 0.750 bits per heavy atom. The van der Waals surface area contributed by atoms with Crippen LogP contribution in [-0.4, -0.2) is 5.78 Å². The van der Waals surface area contributed by atoms with Gasteiger partial charge in [-0.05, 0) is 84.9 Å². The highest BCUT2D eigenvalue weighted by Gasteiger charge is 2.49. The zero-order valence-electron chi connectivity index (χ0n) is 16.4. The zero-order valence-corrected chi connectivity index (χ0v) is 16.4. The molecule has 6 rings (SSSR count). The van der Waals surface area contributed by atoms with Gasteiger partial charge in [0.15, 0.2) is 0 Å². The van der Waals surface area contributed by atoms with Gasteiger partial charge in [0.05, 0.1) is 0 Å². The third kappa shape index (κ3) is 2.99. The van der Waals surface area contributed by atoms with Crippen LogP contribution in [0.4, 0.5) is 0 Å². The molecule has 0 saturated heterocycles. The molecular formula is C23H38O. The average Bonchev–Trinajstić information content (AvgIpc) is 2.44. The highest BCUT2D eigenvalue weighted by Crippen LogP contribution is 2.57. The van der Waals surface area contributed by atoms with Gasteiger partial charge < -0.3 is 0 Å². The SMILES string of the molecule is CC1(C)CC2CCC1C(CC(=O)CC1CC3CCC1C(C)(C)C3)C2. The van der Waals surface area contributed by atoms with Crippen LogP contribution in [0.2, 0.25) is 0 Å². The number of ketones is 1. The molecule has 6 saturated carbocycles. The van der Waals surface area contributed by atoms with Crippen molar-refractivity contribution in [2.45, 2.75) is 91.9 Å². The monoisotopic (exact) mass is 330 g/mol. The lowest BCUT2D eigenvalue weighted by molar-refractivity contribution is -0.126. The molecule has 6 unspecified atom stereocenters. The zero-order chi connectivity index (χ0) is 17.1. The van der Waals surface area contributed by atoms with E-state index in [0.29, 0.717) is 28.4 Å². The van der Waals surface area contributed by atoms with Gasteiger partial charge in [0.1, 0.15) is 5.78 Å². The van der Waals surface area contributed by atoms with Crippen molar-refractivity contribution in [2.24, 2.45) is 46.3 Å². The lowest BCUT2D eigenvalue weighted by Crippen LogP contribution is -2.45. The largest absolute Gasteiger partial charge is 0.300 e. The minimum Gasteiger partial charge on any atom is -0.300 e. The van der Waals surface area contributed by atoms with Gasteiger partial charge in [0, 0.05) is 12.8 Å². The van der Waals surface area contributed by atoms with Gasteiger partial charge in [-0.2, -0.15) is 0 Å². The Hall–Kier alpha value is -0.330. The average molecular weight is 331 g/mol. The molecule has 0 aromatic heterocycles. The topological polar surface area (TPSA) is 17.1 Å². The maximum absolute atomic E-state index is 13.0. The van der Waals surface area contributed by atoms with Crippen LogP contribution in [0.25, 0.3) is 0 Å². The van der Waals surface area contributed by atoms with Crippen molar-refractivity contribution in [2.75, 3.05) is 0 Å². The summed E-state index contributed by atoms with van der Waals surface area (Å²) in [6.45, 7) is 9.85. The molecule has 0 radical (unpaired) electrons. The van der Waals surface area contributed by atoms with E-state index >= 15 is 0 Å². The Labute approximate surface area is 149 Å². The highest BCUT2D eigenvalue weighted by molar-refractivity contribution is 5.79. The molecule has 1 nitrogen and oxygen atoms in total. The van der Waals surface area contributed by atoms with Gasteiger partial charge in [-0.25, -0.2) is 0 Å². The van der Waals surface area contributed by atoms with Crippen molar-refractivity contribution in [1.29, 1.82) is 0 Å². The molecule has 6 aliphatic carbocycles. The van der Waals surface area contributed by atoms with Crippen LogP contribution in [0, 0.1) is 46.3 Å². The summed E-state index contributed by atoms with van der Waals surface area (Å²) < 4.78 is 0. The first-order valence-corrected chi connectivity index (χ1v) is 10.8. The predicted octanol–water partition coefficient (Wildman–Crippen LogP) is 6.26. The summed E-state index contributed by atoms with van der Waals surface area (Å²) in [6.07, 6.45) is 12.9. The minimum absolute atomic E-state index is 0.484. The molecule has 0 heterocycles. The first-order valence-electron chi connectivity index (χ1n) is 10.8. The maximum atomic E-state index is 13.0. The number of fused-ring (bicyclic) bond motifs is 6. The molecule has 0 aliphatic heterocycles. The molecule has 6 atom stereocenters. The van der Waals surface area contributed by atoms with E-state index in [0.717, 1.165) is 36.5 Å². The van der Waals surface area contributed by atoms with Gasteiger partial charge in [-0.1, -0.05) is 40.5 Å². The lowest BCUT2D eigenvalue weighted by Gasteiger charge is -2.53. The van der Waals surface area contributed by atoms with E-state index in [9.17, 15) is 4.79 Å². The Morgan fingerprint density at radius 2 is 1.17 bits per heavy atom. The van der Waals surface area contributed by atoms with Crippen LogP contribution in [0.1, 0.15) is 91.9 Å². The number of rotatable bonds is 4. The molecule has 6 aliphatic rings. The Kier molecular flexibility index (Phi) is 4.17. The standard InChI is InChI=1S/C23H38O/c1-22(2)13-15-5-7-20(22)17(9-15)11-19(24)12-18-10-16-6-8-21(18)23(3,4)14-16/h15-18,20-21H,5-14H2,1-4H3.